The standard InChI is InChI=1S/C25H25F3N2O6.C15H22ClNO2.C9H16ClN5.C3H8NO5P/c1-5-16-6-7-17(20(12-16)36-15(2)23(32)34-4)14-35-19-10-8-18(9-11-19)30-22(31)13-21(25(26,27)28)29(3)24(30)33;1-5-13-8-6-7-11(2)15(13)17(14(18)9-16)12(3)10-19-4;1-5-11-7-12-6(10)13-8(14-7)15-9(2,3)4;5-3(6)1-4-2-10(7,8)9/h6-13,15H,5,14H2,1-4H3;6-8,12H,5,9-10H2,1-4H3;5H2,1-4H3,(H2,11,12,13,14,15);4H,1-2H2,(H,5,6)(H2,7,8,9). The molecule has 442 valence electrons. The zero-order valence-corrected chi connectivity index (χ0v) is 49.0. The number of halogens is 5. The number of carbonyl (C=O) groups is 3. The molecule has 5 rings (SSSR count). The van der Waals surface area contributed by atoms with Crippen LogP contribution in [0.1, 0.15) is 83.3 Å². The van der Waals surface area contributed by atoms with Crippen molar-refractivity contribution in [1.82, 2.24) is 29.4 Å². The Morgan fingerprint density at radius 2 is 1.54 bits per heavy atom. The van der Waals surface area contributed by atoms with Crippen molar-refractivity contribution in [2.45, 2.75) is 106 Å². The molecule has 5 aromatic rings. The highest BCUT2D eigenvalue weighted by Gasteiger charge is 2.35. The monoisotopic (exact) mass is 1190 g/mol. The average Bonchev–Trinajstić information content (AvgIpc) is 3.36. The number of carbonyl (C=O) groups excluding carboxylic acids is 2. The van der Waals surface area contributed by atoms with Crippen LogP contribution in [0.15, 0.2) is 76.3 Å². The number of hydrogen-bond acceptors (Lipinski definition) is 16. The summed E-state index contributed by atoms with van der Waals surface area (Å²) in [6.45, 7) is 18.5. The number of para-hydroxylation sites is 1. The van der Waals surface area contributed by atoms with Crippen LogP contribution in [0, 0.1) is 6.92 Å². The topological polar surface area (TPSA) is 288 Å². The molecule has 0 saturated carbocycles. The van der Waals surface area contributed by atoms with Crippen molar-refractivity contribution in [2.75, 3.05) is 61.6 Å². The summed E-state index contributed by atoms with van der Waals surface area (Å²) in [7, 11) is -0.241. The number of aryl methyl sites for hydroxylation is 3. The Hall–Kier alpha value is -6.60. The minimum absolute atomic E-state index is 0.0223. The maximum atomic E-state index is 13.1. The Bertz CT molecular complexity index is 2990. The number of amides is 1. The zero-order valence-electron chi connectivity index (χ0n) is 46.6. The Morgan fingerprint density at radius 3 is 2.06 bits per heavy atom. The van der Waals surface area contributed by atoms with Crippen molar-refractivity contribution in [3.8, 4) is 17.2 Å². The van der Waals surface area contributed by atoms with Crippen LogP contribution >= 0.6 is 30.8 Å². The van der Waals surface area contributed by atoms with Gasteiger partial charge in [-0.15, -0.1) is 11.6 Å². The number of esters is 1. The number of aromatic nitrogens is 5. The fourth-order valence-electron chi connectivity index (χ4n) is 7.05. The minimum atomic E-state index is -4.84. The molecule has 80 heavy (non-hydrogen) atoms. The van der Waals surface area contributed by atoms with E-state index in [-0.39, 0.29) is 40.9 Å². The maximum absolute atomic E-state index is 13.1. The first-order chi connectivity index (χ1) is 37.3. The van der Waals surface area contributed by atoms with Gasteiger partial charge in [-0.1, -0.05) is 44.2 Å². The van der Waals surface area contributed by atoms with E-state index in [0.29, 0.717) is 50.8 Å². The molecule has 6 N–H and O–H groups in total. The summed E-state index contributed by atoms with van der Waals surface area (Å²) in [5, 5.41) is 16.4. The second-order valence-electron chi connectivity index (χ2n) is 18.3. The fraction of sp³-hybridized carbons (Fsp3) is 0.462. The smallest absolute Gasteiger partial charge is 0.431 e. The lowest BCUT2D eigenvalue weighted by molar-refractivity contribution is -0.148. The van der Waals surface area contributed by atoms with Crippen molar-refractivity contribution in [2.24, 2.45) is 7.05 Å². The number of nitrogens with one attached hydrogen (secondary N) is 3. The van der Waals surface area contributed by atoms with Crippen LogP contribution < -0.4 is 41.6 Å². The average molecular weight is 1190 g/mol. The SMILES string of the molecule is CCNc1nc(Cl)nc(NC(C)(C)C)n1.CCc1ccc(COc2ccc(-n3c(=O)cc(C(F)(F)F)n(C)c3=O)cc2)c(OC(C)C(=O)OC)c1.CCc1cccc(C)c1N(C(=O)CCl)C(C)COC.O=C(O)CNCP(=O)(O)O. The molecule has 2 heterocycles. The van der Waals surface area contributed by atoms with E-state index < -0.39 is 61.6 Å². The van der Waals surface area contributed by atoms with Crippen LogP contribution in [0.25, 0.3) is 5.69 Å². The molecule has 1 amide bonds. The third-order valence-electron chi connectivity index (χ3n) is 10.7. The van der Waals surface area contributed by atoms with E-state index in [9.17, 15) is 41.7 Å². The molecule has 0 fully saturated rings. The number of ether oxygens (including phenoxy) is 4. The lowest BCUT2D eigenvalue weighted by Crippen LogP contribution is -2.43. The summed E-state index contributed by atoms with van der Waals surface area (Å²) >= 11 is 11.5. The number of nitrogens with zero attached hydrogens (tertiary/aromatic N) is 6. The van der Waals surface area contributed by atoms with E-state index in [2.05, 4.69) is 43.9 Å². The molecule has 3 aromatic carbocycles. The van der Waals surface area contributed by atoms with Gasteiger partial charge < -0.3 is 49.4 Å². The molecule has 0 bridgehead atoms. The van der Waals surface area contributed by atoms with E-state index in [1.165, 1.54) is 31.4 Å². The van der Waals surface area contributed by atoms with E-state index >= 15 is 0 Å². The van der Waals surface area contributed by atoms with E-state index in [1.54, 1.807) is 18.9 Å². The number of anilines is 3. The van der Waals surface area contributed by atoms with Gasteiger partial charge in [0.15, 0.2) is 6.10 Å². The van der Waals surface area contributed by atoms with Crippen LogP contribution in [-0.4, -0.2) is 121 Å². The summed E-state index contributed by atoms with van der Waals surface area (Å²) in [5.41, 5.74) is 1.31. The number of hydrogen-bond donors (Lipinski definition) is 6. The molecule has 0 radical (unpaired) electrons. The van der Waals surface area contributed by atoms with E-state index in [0.717, 1.165) is 48.8 Å². The first-order valence-corrected chi connectivity index (χ1v) is 27.4. The van der Waals surface area contributed by atoms with Crippen molar-refractivity contribution in [3.63, 3.8) is 0 Å². The summed E-state index contributed by atoms with van der Waals surface area (Å²) in [6, 6.07) is 17.7. The van der Waals surface area contributed by atoms with Crippen LogP contribution in [0.2, 0.25) is 5.28 Å². The molecular weight excluding hydrogens is 1120 g/mol. The molecule has 28 heteroatoms. The first-order valence-electron chi connectivity index (χ1n) is 24.7. The molecule has 0 aliphatic rings. The highest BCUT2D eigenvalue weighted by atomic mass is 35.5. The zero-order chi connectivity index (χ0) is 60.7. The molecule has 2 unspecified atom stereocenters. The number of aliphatic carboxylic acids is 1. The molecule has 2 aromatic heterocycles. The molecule has 0 aliphatic carbocycles. The maximum Gasteiger partial charge on any atom is 0.431 e. The van der Waals surface area contributed by atoms with Gasteiger partial charge in [0.2, 0.25) is 23.1 Å². The normalized spacial score (nSPS) is 11.9. The lowest BCUT2D eigenvalue weighted by Gasteiger charge is -2.31. The summed E-state index contributed by atoms with van der Waals surface area (Å²) in [5.74, 6) is 0.0343. The van der Waals surface area contributed by atoms with Gasteiger partial charge in [0, 0.05) is 37.9 Å². The van der Waals surface area contributed by atoms with Crippen LogP contribution in [0.3, 0.4) is 0 Å². The summed E-state index contributed by atoms with van der Waals surface area (Å²) in [6.07, 6.45) is -4.63. The Kier molecular flexibility index (Phi) is 28.3. The highest BCUT2D eigenvalue weighted by molar-refractivity contribution is 7.51. The van der Waals surface area contributed by atoms with Crippen molar-refractivity contribution in [3.05, 3.63) is 121 Å². The van der Waals surface area contributed by atoms with Gasteiger partial charge in [0.25, 0.3) is 5.56 Å². The van der Waals surface area contributed by atoms with Crippen molar-refractivity contribution in [1.29, 1.82) is 0 Å². The second kappa shape index (κ2) is 32.6. The second-order valence-corrected chi connectivity index (χ2v) is 20.6. The summed E-state index contributed by atoms with van der Waals surface area (Å²) in [4.78, 5) is 88.7. The predicted molar refractivity (Wildman–Crippen MR) is 300 cm³/mol. The number of benzene rings is 3. The number of rotatable bonds is 21. The molecule has 0 spiro atoms. The van der Waals surface area contributed by atoms with Gasteiger partial charge in [-0.25, -0.2) is 14.2 Å². The van der Waals surface area contributed by atoms with Crippen molar-refractivity contribution >= 4 is 66.2 Å². The van der Waals surface area contributed by atoms with Gasteiger partial charge in [-0.2, -0.15) is 28.1 Å². The Balaban J connectivity index is 0.000000414. The first kappa shape index (κ1) is 69.5. The minimum Gasteiger partial charge on any atom is -0.489 e. The quantitative estimate of drug-likeness (QED) is 0.0232. The Labute approximate surface area is 472 Å². The molecule has 22 nitrogen and oxygen atoms in total. The fourth-order valence-corrected chi connectivity index (χ4v) is 7.74. The number of carboxylic acid groups (broad SMARTS) is 1. The Morgan fingerprint density at radius 1 is 0.900 bits per heavy atom. The molecule has 0 saturated heterocycles. The van der Waals surface area contributed by atoms with Gasteiger partial charge in [-0.05, 0) is 120 Å². The lowest BCUT2D eigenvalue weighted by atomic mass is 10.0. The number of methoxy groups -OCH3 is 2. The predicted octanol–water partition coefficient (Wildman–Crippen LogP) is 7.76. The summed E-state index contributed by atoms with van der Waals surface area (Å²) < 4.78 is 71.7. The number of carboxylic acids is 1. The van der Waals surface area contributed by atoms with Crippen LogP contribution in [-0.2, 0) is 61.1 Å². The van der Waals surface area contributed by atoms with Gasteiger partial charge in [-0.3, -0.25) is 28.8 Å². The van der Waals surface area contributed by atoms with Gasteiger partial charge in [0.05, 0.1) is 44.0 Å². The van der Waals surface area contributed by atoms with Gasteiger partial charge >= 0.3 is 31.4 Å². The van der Waals surface area contributed by atoms with Crippen LogP contribution in [0.4, 0.5) is 30.8 Å². The number of alkyl halides is 4. The molecular formula is C52H71Cl2F3N9O13P. The highest BCUT2D eigenvalue weighted by Crippen LogP contribution is 2.32. The van der Waals surface area contributed by atoms with Crippen molar-refractivity contribution < 1.29 is 66.0 Å². The largest absolute Gasteiger partial charge is 0.489 e. The van der Waals surface area contributed by atoms with Gasteiger partial charge in [0.1, 0.15) is 29.7 Å². The van der Waals surface area contributed by atoms with E-state index in [4.69, 9.17) is 57.0 Å². The third kappa shape index (κ3) is 23.2. The molecule has 0 aliphatic heterocycles. The third-order valence-corrected chi connectivity index (χ3v) is 11.7. The molecule has 2 atom stereocenters. The van der Waals surface area contributed by atoms with E-state index in [1.807, 2.05) is 78.8 Å². The van der Waals surface area contributed by atoms with Crippen LogP contribution in [0.5, 0.6) is 11.5 Å².